The molecule has 0 amide bonds. The molecule has 0 N–H and O–H groups in total. The lowest BCUT2D eigenvalue weighted by atomic mass is 10.3. The SMILES string of the molecule is COC(=O)Cn1c(=O)c([N+](=O)[O-])cn(-c2cccc([N+](=O)[O-])c2)c1=O. The summed E-state index contributed by atoms with van der Waals surface area (Å²) in [7, 11) is 1.02. The van der Waals surface area contributed by atoms with Crippen molar-refractivity contribution in [3.05, 3.63) is 71.5 Å². The fraction of sp³-hybridized carbons (Fsp3) is 0.154. The quantitative estimate of drug-likeness (QED) is 0.414. The molecule has 2 aromatic rings. The predicted octanol–water partition coefficient (Wildman–Crippen LogP) is -0.0114. The first kappa shape index (κ1) is 17.5. The number of rotatable bonds is 5. The maximum Gasteiger partial charge on any atom is 0.350 e. The molecule has 0 saturated heterocycles. The van der Waals surface area contributed by atoms with Crippen molar-refractivity contribution in [1.82, 2.24) is 9.13 Å². The number of nitro groups is 2. The van der Waals surface area contributed by atoms with Gasteiger partial charge in [-0.1, -0.05) is 6.07 Å². The standard InChI is InChI=1S/C13H10N4O8/c1-25-11(18)7-15-12(19)10(17(23)24)6-14(13(15)20)8-3-2-4-9(5-8)16(21)22/h2-6H,7H2,1H3. The van der Waals surface area contributed by atoms with Crippen molar-refractivity contribution in [3.8, 4) is 5.69 Å². The zero-order valence-electron chi connectivity index (χ0n) is 12.6. The highest BCUT2D eigenvalue weighted by molar-refractivity contribution is 5.69. The molecule has 2 rings (SSSR count). The highest BCUT2D eigenvalue weighted by atomic mass is 16.6. The molecule has 0 unspecified atom stereocenters. The summed E-state index contributed by atoms with van der Waals surface area (Å²) >= 11 is 0. The Hall–Kier alpha value is -3.83. The van der Waals surface area contributed by atoms with Gasteiger partial charge in [0.15, 0.2) is 0 Å². The van der Waals surface area contributed by atoms with Crippen molar-refractivity contribution < 1.29 is 19.4 Å². The van der Waals surface area contributed by atoms with Crippen LogP contribution in [0.15, 0.2) is 40.1 Å². The Morgan fingerprint density at radius 3 is 2.44 bits per heavy atom. The number of nitro benzene ring substituents is 1. The van der Waals surface area contributed by atoms with Gasteiger partial charge in [-0.2, -0.15) is 0 Å². The minimum absolute atomic E-state index is 0.0825. The minimum atomic E-state index is -1.29. The molecule has 1 aromatic heterocycles. The summed E-state index contributed by atoms with van der Waals surface area (Å²) in [4.78, 5) is 56.0. The highest BCUT2D eigenvalue weighted by Crippen LogP contribution is 2.16. The summed E-state index contributed by atoms with van der Waals surface area (Å²) in [6.45, 7) is -0.842. The van der Waals surface area contributed by atoms with Crippen LogP contribution in [0.5, 0.6) is 0 Å². The number of methoxy groups -OCH3 is 1. The minimum Gasteiger partial charge on any atom is -0.468 e. The Balaban J connectivity index is 2.78. The number of hydrogen-bond acceptors (Lipinski definition) is 8. The lowest BCUT2D eigenvalue weighted by Gasteiger charge is -2.09. The number of hydrogen-bond donors (Lipinski definition) is 0. The van der Waals surface area contributed by atoms with Gasteiger partial charge in [0.2, 0.25) is 0 Å². The van der Waals surface area contributed by atoms with E-state index in [1.54, 1.807) is 0 Å². The van der Waals surface area contributed by atoms with Gasteiger partial charge in [-0.15, -0.1) is 0 Å². The fourth-order valence-electron chi connectivity index (χ4n) is 1.99. The molecule has 130 valence electrons. The first-order chi connectivity index (χ1) is 11.8. The number of benzene rings is 1. The number of carbonyl (C=O) groups is 1. The molecular formula is C13H10N4O8. The summed E-state index contributed by atoms with van der Waals surface area (Å²) in [5.74, 6) is -0.967. The summed E-state index contributed by atoms with van der Waals surface area (Å²) < 4.78 is 5.35. The molecule has 1 heterocycles. The number of carbonyl (C=O) groups excluding carboxylic acids is 1. The summed E-state index contributed by atoms with van der Waals surface area (Å²) in [5.41, 5.74) is -3.79. The van der Waals surface area contributed by atoms with Crippen molar-refractivity contribution >= 4 is 17.3 Å². The number of nitrogens with zero attached hydrogens (tertiary/aromatic N) is 4. The largest absolute Gasteiger partial charge is 0.468 e. The van der Waals surface area contributed by atoms with E-state index < -0.39 is 39.3 Å². The third kappa shape index (κ3) is 3.41. The Labute approximate surface area is 137 Å². The normalized spacial score (nSPS) is 10.3. The van der Waals surface area contributed by atoms with Crippen LogP contribution in [0.3, 0.4) is 0 Å². The molecule has 12 nitrogen and oxygen atoms in total. The fourth-order valence-corrected chi connectivity index (χ4v) is 1.99. The van der Waals surface area contributed by atoms with Crippen molar-refractivity contribution in [2.75, 3.05) is 7.11 Å². The molecule has 0 radical (unpaired) electrons. The molecule has 12 heteroatoms. The van der Waals surface area contributed by atoms with E-state index in [0.717, 1.165) is 19.2 Å². The predicted molar refractivity (Wildman–Crippen MR) is 81.6 cm³/mol. The van der Waals surface area contributed by atoms with Gasteiger partial charge >= 0.3 is 22.9 Å². The molecule has 0 saturated carbocycles. The van der Waals surface area contributed by atoms with Crippen LogP contribution in [-0.2, 0) is 16.1 Å². The third-order valence-electron chi connectivity index (χ3n) is 3.18. The second-order valence-corrected chi connectivity index (χ2v) is 4.67. The average Bonchev–Trinajstić information content (AvgIpc) is 2.58. The maximum absolute atomic E-state index is 12.4. The molecule has 0 spiro atoms. The second-order valence-electron chi connectivity index (χ2n) is 4.67. The van der Waals surface area contributed by atoms with Gasteiger partial charge in [0.1, 0.15) is 6.54 Å². The van der Waals surface area contributed by atoms with E-state index in [1.165, 1.54) is 12.1 Å². The second kappa shape index (κ2) is 6.74. The van der Waals surface area contributed by atoms with E-state index in [1.807, 2.05) is 0 Å². The van der Waals surface area contributed by atoms with Gasteiger partial charge in [-0.3, -0.25) is 34.4 Å². The summed E-state index contributed by atoms with van der Waals surface area (Å²) in [6, 6.07) is 4.71. The van der Waals surface area contributed by atoms with Crippen LogP contribution < -0.4 is 11.2 Å². The van der Waals surface area contributed by atoms with Crippen molar-refractivity contribution in [3.63, 3.8) is 0 Å². The Bertz CT molecular complexity index is 990. The Morgan fingerprint density at radius 1 is 1.20 bits per heavy atom. The van der Waals surface area contributed by atoms with Gasteiger partial charge in [-0.25, -0.2) is 9.36 Å². The van der Waals surface area contributed by atoms with E-state index in [0.29, 0.717) is 15.3 Å². The molecule has 0 aliphatic heterocycles. The highest BCUT2D eigenvalue weighted by Gasteiger charge is 2.22. The number of non-ortho nitro benzene ring substituents is 1. The van der Waals surface area contributed by atoms with Crippen LogP contribution in [0.25, 0.3) is 5.69 Å². The van der Waals surface area contributed by atoms with E-state index in [-0.39, 0.29) is 11.4 Å². The van der Waals surface area contributed by atoms with Crippen LogP contribution >= 0.6 is 0 Å². The third-order valence-corrected chi connectivity index (χ3v) is 3.18. The molecule has 0 fully saturated rings. The van der Waals surface area contributed by atoms with Gasteiger partial charge < -0.3 is 4.74 Å². The maximum atomic E-state index is 12.4. The van der Waals surface area contributed by atoms with Crippen LogP contribution in [-0.4, -0.2) is 32.1 Å². The molecule has 1 aromatic carbocycles. The van der Waals surface area contributed by atoms with Crippen molar-refractivity contribution in [2.45, 2.75) is 6.54 Å². The zero-order chi connectivity index (χ0) is 18.7. The topological polar surface area (TPSA) is 157 Å². The summed E-state index contributed by atoms with van der Waals surface area (Å²) in [5, 5.41) is 21.9. The van der Waals surface area contributed by atoms with E-state index in [2.05, 4.69) is 4.74 Å². The lowest BCUT2D eigenvalue weighted by Crippen LogP contribution is -2.41. The number of esters is 1. The van der Waals surface area contributed by atoms with Crippen LogP contribution in [0.2, 0.25) is 0 Å². The first-order valence-corrected chi connectivity index (χ1v) is 6.58. The number of ether oxygens (including phenoxy) is 1. The first-order valence-electron chi connectivity index (χ1n) is 6.58. The summed E-state index contributed by atoms with van der Waals surface area (Å²) in [6.07, 6.45) is 0.650. The van der Waals surface area contributed by atoms with Gasteiger partial charge in [0.25, 0.3) is 5.69 Å². The zero-order valence-corrected chi connectivity index (χ0v) is 12.6. The van der Waals surface area contributed by atoms with Crippen molar-refractivity contribution in [2.24, 2.45) is 0 Å². The molecule has 0 bridgehead atoms. The van der Waals surface area contributed by atoms with Crippen LogP contribution in [0.1, 0.15) is 0 Å². The molecule has 25 heavy (non-hydrogen) atoms. The lowest BCUT2D eigenvalue weighted by molar-refractivity contribution is -0.387. The Morgan fingerprint density at radius 2 is 1.88 bits per heavy atom. The van der Waals surface area contributed by atoms with Crippen LogP contribution in [0, 0.1) is 20.2 Å². The smallest absolute Gasteiger partial charge is 0.350 e. The van der Waals surface area contributed by atoms with E-state index >= 15 is 0 Å². The number of aromatic nitrogens is 2. The van der Waals surface area contributed by atoms with Gasteiger partial charge in [-0.05, 0) is 6.07 Å². The molecule has 0 aliphatic rings. The van der Waals surface area contributed by atoms with E-state index in [9.17, 15) is 34.6 Å². The van der Waals surface area contributed by atoms with Crippen LogP contribution in [0.4, 0.5) is 11.4 Å². The van der Waals surface area contributed by atoms with E-state index in [4.69, 9.17) is 0 Å². The average molecular weight is 350 g/mol. The van der Waals surface area contributed by atoms with Gasteiger partial charge in [0, 0.05) is 12.1 Å². The molecular weight excluding hydrogens is 340 g/mol. The monoisotopic (exact) mass is 350 g/mol. The Kier molecular flexibility index (Phi) is 4.72. The molecule has 0 atom stereocenters. The van der Waals surface area contributed by atoms with Gasteiger partial charge in [0.05, 0.1) is 28.8 Å². The molecule has 0 aliphatic carbocycles. The van der Waals surface area contributed by atoms with Crippen molar-refractivity contribution in [1.29, 1.82) is 0 Å².